The average molecular weight is 169 g/mol. The van der Waals surface area contributed by atoms with Crippen molar-refractivity contribution in [1.29, 1.82) is 0 Å². The van der Waals surface area contributed by atoms with Crippen molar-refractivity contribution in [2.75, 3.05) is 13.1 Å². The molecule has 1 heterocycles. The molecule has 0 N–H and O–H groups in total. The molecule has 4 nitrogen and oxygen atoms in total. The fraction of sp³-hybridized carbons (Fsp3) is 0.625. The number of hydrogen-bond donors (Lipinski definition) is 0. The van der Waals surface area contributed by atoms with Crippen molar-refractivity contribution in [3.8, 4) is 0 Å². The van der Waals surface area contributed by atoms with Gasteiger partial charge in [-0.15, -0.1) is 0 Å². The molecule has 12 heavy (non-hydrogen) atoms. The second kappa shape index (κ2) is 3.47. The van der Waals surface area contributed by atoms with Gasteiger partial charge in [0.25, 0.3) is 0 Å². The number of carbonyl (C=O) groups is 3. The van der Waals surface area contributed by atoms with Gasteiger partial charge >= 0.3 is 0 Å². The maximum absolute atomic E-state index is 11.0. The number of amides is 1. The van der Waals surface area contributed by atoms with Crippen molar-refractivity contribution in [3.05, 3.63) is 0 Å². The lowest BCUT2D eigenvalue weighted by Crippen LogP contribution is -2.34. The Hall–Kier alpha value is -1.19. The molecule has 0 bridgehead atoms. The molecule has 1 fully saturated rings. The van der Waals surface area contributed by atoms with Gasteiger partial charge in [-0.1, -0.05) is 0 Å². The summed E-state index contributed by atoms with van der Waals surface area (Å²) in [6.45, 7) is 1.89. The van der Waals surface area contributed by atoms with Gasteiger partial charge in [0.1, 0.15) is 0 Å². The van der Waals surface area contributed by atoms with E-state index >= 15 is 0 Å². The van der Waals surface area contributed by atoms with Crippen LogP contribution in [0.25, 0.3) is 0 Å². The maximum Gasteiger partial charge on any atom is 0.219 e. The van der Waals surface area contributed by atoms with Gasteiger partial charge in [0, 0.05) is 19.9 Å². The standard InChI is InChI=1S/C8H11NO3/c1-6(10)9-4-2-3-7(11)8(12)5-9/h2-5H2,1H3. The van der Waals surface area contributed by atoms with E-state index in [-0.39, 0.29) is 24.7 Å². The highest BCUT2D eigenvalue weighted by atomic mass is 16.2. The molecule has 1 saturated heterocycles. The Morgan fingerprint density at radius 2 is 2.00 bits per heavy atom. The SMILES string of the molecule is CC(=O)N1CCCC(=O)C(=O)C1. The van der Waals surface area contributed by atoms with Crippen molar-refractivity contribution in [1.82, 2.24) is 4.90 Å². The molecule has 0 aromatic heterocycles. The normalized spacial score (nSPS) is 19.2. The number of rotatable bonds is 0. The lowest BCUT2D eigenvalue weighted by atomic mass is 10.2. The average Bonchev–Trinajstić information content (AvgIpc) is 2.15. The third-order valence-electron chi connectivity index (χ3n) is 1.92. The summed E-state index contributed by atoms with van der Waals surface area (Å²) in [4.78, 5) is 34.2. The first kappa shape index (κ1) is 8.90. The van der Waals surface area contributed by atoms with E-state index in [4.69, 9.17) is 0 Å². The van der Waals surface area contributed by atoms with Crippen LogP contribution in [0.4, 0.5) is 0 Å². The molecule has 0 radical (unpaired) electrons. The molecule has 1 aliphatic heterocycles. The zero-order valence-electron chi connectivity index (χ0n) is 7.00. The molecule has 0 unspecified atom stereocenters. The molecule has 1 rings (SSSR count). The van der Waals surface area contributed by atoms with Crippen LogP contribution in [0.3, 0.4) is 0 Å². The number of ketones is 2. The highest BCUT2D eigenvalue weighted by Gasteiger charge is 2.22. The summed E-state index contributed by atoms with van der Waals surface area (Å²) in [5.74, 6) is -0.931. The van der Waals surface area contributed by atoms with Gasteiger partial charge in [-0.25, -0.2) is 0 Å². The summed E-state index contributed by atoms with van der Waals surface area (Å²) in [5, 5.41) is 0. The third-order valence-corrected chi connectivity index (χ3v) is 1.92. The number of carbonyl (C=O) groups excluding carboxylic acids is 3. The number of hydrogen-bond acceptors (Lipinski definition) is 3. The van der Waals surface area contributed by atoms with Crippen molar-refractivity contribution in [2.45, 2.75) is 19.8 Å². The minimum absolute atomic E-state index is 0.0336. The topological polar surface area (TPSA) is 54.5 Å². The molecule has 1 aliphatic rings. The van der Waals surface area contributed by atoms with Crippen LogP contribution < -0.4 is 0 Å². The van der Waals surface area contributed by atoms with Crippen molar-refractivity contribution in [3.63, 3.8) is 0 Å². The van der Waals surface area contributed by atoms with Gasteiger partial charge in [0.15, 0.2) is 5.78 Å². The van der Waals surface area contributed by atoms with Gasteiger partial charge in [-0.05, 0) is 6.42 Å². The van der Waals surface area contributed by atoms with Gasteiger partial charge in [-0.3, -0.25) is 14.4 Å². The highest BCUT2D eigenvalue weighted by Crippen LogP contribution is 2.04. The van der Waals surface area contributed by atoms with E-state index in [1.165, 1.54) is 11.8 Å². The lowest BCUT2D eigenvalue weighted by molar-refractivity contribution is -0.138. The molecule has 1 amide bonds. The van der Waals surface area contributed by atoms with Crippen LogP contribution in [-0.4, -0.2) is 35.5 Å². The van der Waals surface area contributed by atoms with Crippen LogP contribution >= 0.6 is 0 Å². The Balaban J connectivity index is 2.66. The smallest absolute Gasteiger partial charge is 0.219 e. The summed E-state index contributed by atoms with van der Waals surface area (Å²) >= 11 is 0. The largest absolute Gasteiger partial charge is 0.335 e. The quantitative estimate of drug-likeness (QED) is 0.470. The maximum atomic E-state index is 11.0. The summed E-state index contributed by atoms with van der Waals surface area (Å²) in [6, 6.07) is 0. The van der Waals surface area contributed by atoms with Crippen molar-refractivity contribution in [2.24, 2.45) is 0 Å². The second-order valence-electron chi connectivity index (χ2n) is 2.89. The number of likely N-dealkylation sites (tertiary alicyclic amines) is 1. The van der Waals surface area contributed by atoms with Gasteiger partial charge in [-0.2, -0.15) is 0 Å². The molecule has 0 saturated carbocycles. The summed E-state index contributed by atoms with van der Waals surface area (Å²) in [5.41, 5.74) is 0. The Kier molecular flexibility index (Phi) is 2.58. The van der Waals surface area contributed by atoms with Crippen LogP contribution in [0, 0.1) is 0 Å². The lowest BCUT2D eigenvalue weighted by Gasteiger charge is -2.15. The van der Waals surface area contributed by atoms with E-state index in [0.29, 0.717) is 13.0 Å². The predicted molar refractivity (Wildman–Crippen MR) is 41.5 cm³/mol. The van der Waals surface area contributed by atoms with Crippen LogP contribution in [0.5, 0.6) is 0 Å². The van der Waals surface area contributed by atoms with Gasteiger partial charge in [0.2, 0.25) is 11.7 Å². The molecule has 66 valence electrons. The number of Topliss-reactive ketones (excluding diaryl/α,β-unsaturated/α-hetero) is 2. The Morgan fingerprint density at radius 3 is 2.58 bits per heavy atom. The van der Waals surface area contributed by atoms with Crippen LogP contribution in [0.2, 0.25) is 0 Å². The zero-order valence-corrected chi connectivity index (χ0v) is 7.00. The molecule has 0 aromatic rings. The van der Waals surface area contributed by atoms with E-state index in [9.17, 15) is 14.4 Å². The van der Waals surface area contributed by atoms with E-state index < -0.39 is 5.78 Å². The minimum Gasteiger partial charge on any atom is -0.335 e. The minimum atomic E-state index is -0.442. The van der Waals surface area contributed by atoms with Gasteiger partial charge < -0.3 is 4.90 Å². The Labute approximate surface area is 70.5 Å². The van der Waals surface area contributed by atoms with Crippen LogP contribution in [0.1, 0.15) is 19.8 Å². The first-order valence-corrected chi connectivity index (χ1v) is 3.93. The number of nitrogens with zero attached hydrogens (tertiary/aromatic N) is 1. The molecule has 4 heteroatoms. The molecule has 0 aromatic carbocycles. The Bertz CT molecular complexity index is 234. The summed E-state index contributed by atoms with van der Waals surface area (Å²) < 4.78 is 0. The predicted octanol–water partition coefficient (Wildman–Crippen LogP) is -0.233. The fourth-order valence-electron chi connectivity index (χ4n) is 1.18. The van der Waals surface area contributed by atoms with E-state index in [0.717, 1.165) is 0 Å². The van der Waals surface area contributed by atoms with Crippen LogP contribution in [-0.2, 0) is 14.4 Å². The third kappa shape index (κ3) is 1.90. The molecule has 0 aliphatic carbocycles. The first-order chi connectivity index (χ1) is 5.61. The van der Waals surface area contributed by atoms with E-state index in [1.807, 2.05) is 0 Å². The van der Waals surface area contributed by atoms with E-state index in [1.54, 1.807) is 0 Å². The molecule has 0 spiro atoms. The molecule has 0 atom stereocenters. The monoisotopic (exact) mass is 169 g/mol. The fourth-order valence-corrected chi connectivity index (χ4v) is 1.18. The highest BCUT2D eigenvalue weighted by molar-refractivity contribution is 6.38. The van der Waals surface area contributed by atoms with Gasteiger partial charge in [0.05, 0.1) is 6.54 Å². The summed E-state index contributed by atoms with van der Waals surface area (Å²) in [6.07, 6.45) is 0.882. The summed E-state index contributed by atoms with van der Waals surface area (Å²) in [7, 11) is 0. The van der Waals surface area contributed by atoms with E-state index in [2.05, 4.69) is 0 Å². The van der Waals surface area contributed by atoms with Crippen molar-refractivity contribution >= 4 is 17.5 Å². The van der Waals surface area contributed by atoms with Crippen molar-refractivity contribution < 1.29 is 14.4 Å². The first-order valence-electron chi connectivity index (χ1n) is 3.93. The Morgan fingerprint density at radius 1 is 1.33 bits per heavy atom. The molecular formula is C8H11NO3. The zero-order chi connectivity index (χ0) is 9.14. The molecular weight excluding hydrogens is 158 g/mol. The van der Waals surface area contributed by atoms with Crippen LogP contribution in [0.15, 0.2) is 0 Å². The second-order valence-corrected chi connectivity index (χ2v) is 2.89.